The number of rotatable bonds is 2. The van der Waals surface area contributed by atoms with Gasteiger partial charge in [0.15, 0.2) is 0 Å². The fraction of sp³-hybridized carbons (Fsp3) is 0.333. The highest BCUT2D eigenvalue weighted by atomic mass is 19.1. The van der Waals surface area contributed by atoms with Crippen molar-refractivity contribution in [3.05, 3.63) is 47.2 Å². The van der Waals surface area contributed by atoms with Gasteiger partial charge in [0, 0.05) is 16.5 Å². The molecule has 1 aliphatic heterocycles. The van der Waals surface area contributed by atoms with Crippen LogP contribution in [0.2, 0.25) is 0 Å². The van der Waals surface area contributed by atoms with Gasteiger partial charge in [0.2, 0.25) is 0 Å². The number of aliphatic hydroxyl groups is 1. The maximum atomic E-state index is 13.2. The van der Waals surface area contributed by atoms with Crippen LogP contribution in [0, 0.1) is 12.7 Å². The quantitative estimate of drug-likeness (QED) is 0.899. The molecule has 0 fully saturated rings. The summed E-state index contributed by atoms with van der Waals surface area (Å²) < 4.78 is 24.1. The van der Waals surface area contributed by atoms with Gasteiger partial charge in [-0.15, -0.1) is 0 Å². The molecule has 1 N–H and O–H groups in total. The minimum Gasteiger partial charge on any atom is -0.501 e. The van der Waals surface area contributed by atoms with Crippen molar-refractivity contribution in [3.8, 4) is 0 Å². The fourth-order valence-corrected chi connectivity index (χ4v) is 2.43. The molecule has 3 nitrogen and oxygen atoms in total. The zero-order chi connectivity index (χ0) is 13.4. The zero-order valence-corrected chi connectivity index (χ0v) is 10.6. The lowest BCUT2D eigenvalue weighted by Gasteiger charge is -2.17. The average Bonchev–Trinajstić information content (AvgIpc) is 2.76. The number of hydrogen-bond acceptors (Lipinski definition) is 3. The standard InChI is InChI=1S/C15H15FO3/c1-9-12-7-11(16)4-5-13(12)19-15(9)14(17)10-3-2-6-18-8-10/h4-5,7-8,14,17H,2-3,6H2,1H3. The number of fused-ring (bicyclic) bond motifs is 1. The van der Waals surface area contributed by atoms with Crippen LogP contribution in [0.1, 0.15) is 30.3 Å². The van der Waals surface area contributed by atoms with Crippen LogP contribution in [0.4, 0.5) is 4.39 Å². The Morgan fingerprint density at radius 3 is 2.95 bits per heavy atom. The lowest BCUT2D eigenvalue weighted by molar-refractivity contribution is 0.153. The lowest BCUT2D eigenvalue weighted by Crippen LogP contribution is -2.08. The molecule has 1 atom stereocenters. The number of ether oxygens (including phenoxy) is 1. The molecule has 3 rings (SSSR count). The molecule has 4 heteroatoms. The van der Waals surface area contributed by atoms with E-state index in [4.69, 9.17) is 9.15 Å². The molecule has 1 aliphatic rings. The van der Waals surface area contributed by atoms with Gasteiger partial charge in [-0.05, 0) is 38.0 Å². The summed E-state index contributed by atoms with van der Waals surface area (Å²) in [5, 5.41) is 11.1. The van der Waals surface area contributed by atoms with E-state index in [-0.39, 0.29) is 5.82 Å². The summed E-state index contributed by atoms with van der Waals surface area (Å²) in [7, 11) is 0. The third kappa shape index (κ3) is 2.12. The van der Waals surface area contributed by atoms with Crippen LogP contribution in [-0.2, 0) is 4.74 Å². The minimum atomic E-state index is -0.823. The molecule has 0 amide bonds. The van der Waals surface area contributed by atoms with Gasteiger partial charge in [-0.3, -0.25) is 0 Å². The summed E-state index contributed by atoms with van der Waals surface area (Å²) in [4.78, 5) is 0. The average molecular weight is 262 g/mol. The van der Waals surface area contributed by atoms with Crippen LogP contribution >= 0.6 is 0 Å². The monoisotopic (exact) mass is 262 g/mol. The molecule has 0 aliphatic carbocycles. The molecule has 19 heavy (non-hydrogen) atoms. The van der Waals surface area contributed by atoms with Crippen molar-refractivity contribution >= 4 is 11.0 Å². The number of aliphatic hydroxyl groups excluding tert-OH is 1. The summed E-state index contributed by atoms with van der Waals surface area (Å²) >= 11 is 0. The molecule has 1 aromatic heterocycles. The van der Waals surface area contributed by atoms with Gasteiger partial charge in [0.1, 0.15) is 23.3 Å². The number of furan rings is 1. The van der Waals surface area contributed by atoms with Crippen molar-refractivity contribution in [1.29, 1.82) is 0 Å². The zero-order valence-electron chi connectivity index (χ0n) is 10.6. The van der Waals surface area contributed by atoms with E-state index in [1.807, 2.05) is 6.92 Å². The van der Waals surface area contributed by atoms with E-state index in [9.17, 15) is 9.50 Å². The maximum Gasteiger partial charge on any atom is 0.141 e. The van der Waals surface area contributed by atoms with E-state index >= 15 is 0 Å². The van der Waals surface area contributed by atoms with Crippen LogP contribution < -0.4 is 0 Å². The summed E-state index contributed by atoms with van der Waals surface area (Å²) in [5.41, 5.74) is 2.16. The Morgan fingerprint density at radius 2 is 2.21 bits per heavy atom. The predicted molar refractivity (Wildman–Crippen MR) is 69.1 cm³/mol. The molecule has 0 spiro atoms. The van der Waals surface area contributed by atoms with Crippen molar-refractivity contribution in [2.45, 2.75) is 25.9 Å². The molecule has 0 saturated carbocycles. The first-order chi connectivity index (χ1) is 9.16. The third-order valence-electron chi connectivity index (χ3n) is 3.50. The fourth-order valence-electron chi connectivity index (χ4n) is 2.43. The van der Waals surface area contributed by atoms with Crippen molar-refractivity contribution in [2.24, 2.45) is 0 Å². The van der Waals surface area contributed by atoms with Crippen molar-refractivity contribution in [1.82, 2.24) is 0 Å². The Bertz CT molecular complexity index is 642. The highest BCUT2D eigenvalue weighted by molar-refractivity contribution is 5.82. The maximum absolute atomic E-state index is 13.2. The molecular formula is C15H15FO3. The van der Waals surface area contributed by atoms with Crippen LogP contribution in [0.25, 0.3) is 11.0 Å². The second-order valence-corrected chi connectivity index (χ2v) is 4.80. The number of hydrogen-bond donors (Lipinski definition) is 1. The van der Waals surface area contributed by atoms with Gasteiger partial charge < -0.3 is 14.3 Å². The Labute approximate surface area is 110 Å². The summed E-state index contributed by atoms with van der Waals surface area (Å²) in [6, 6.07) is 4.36. The van der Waals surface area contributed by atoms with E-state index in [1.165, 1.54) is 12.1 Å². The summed E-state index contributed by atoms with van der Waals surface area (Å²) in [6.07, 6.45) is 2.44. The smallest absolute Gasteiger partial charge is 0.141 e. The molecule has 0 radical (unpaired) electrons. The lowest BCUT2D eigenvalue weighted by atomic mass is 10.00. The number of benzene rings is 1. The van der Waals surface area contributed by atoms with Gasteiger partial charge in [-0.25, -0.2) is 4.39 Å². The normalized spacial score (nSPS) is 17.1. The van der Waals surface area contributed by atoms with E-state index in [1.54, 1.807) is 12.3 Å². The topological polar surface area (TPSA) is 42.6 Å². The first-order valence-electron chi connectivity index (χ1n) is 6.34. The largest absolute Gasteiger partial charge is 0.501 e. The Hall–Kier alpha value is -1.81. The molecule has 1 unspecified atom stereocenters. The molecule has 2 aromatic rings. The van der Waals surface area contributed by atoms with Gasteiger partial charge in [0.25, 0.3) is 0 Å². The van der Waals surface area contributed by atoms with Crippen molar-refractivity contribution in [2.75, 3.05) is 6.61 Å². The van der Waals surface area contributed by atoms with E-state index in [2.05, 4.69) is 0 Å². The van der Waals surface area contributed by atoms with Gasteiger partial charge in [0.05, 0.1) is 12.9 Å². The van der Waals surface area contributed by atoms with Crippen LogP contribution in [0.5, 0.6) is 0 Å². The predicted octanol–water partition coefficient (Wildman–Crippen LogP) is 3.61. The van der Waals surface area contributed by atoms with Gasteiger partial charge in [-0.1, -0.05) is 0 Å². The summed E-state index contributed by atoms with van der Waals surface area (Å²) in [6.45, 7) is 2.51. The Kier molecular flexibility index (Phi) is 3.03. The van der Waals surface area contributed by atoms with Gasteiger partial charge in [-0.2, -0.15) is 0 Å². The molecule has 1 aromatic carbocycles. The molecule has 0 saturated heterocycles. The second-order valence-electron chi connectivity index (χ2n) is 4.80. The van der Waals surface area contributed by atoms with E-state index < -0.39 is 6.10 Å². The second kappa shape index (κ2) is 4.70. The first kappa shape index (κ1) is 12.2. The molecule has 2 heterocycles. The first-order valence-corrected chi connectivity index (χ1v) is 6.34. The van der Waals surface area contributed by atoms with E-state index in [0.717, 1.165) is 24.0 Å². The van der Waals surface area contributed by atoms with Crippen molar-refractivity contribution in [3.63, 3.8) is 0 Å². The van der Waals surface area contributed by atoms with Crippen LogP contribution in [0.3, 0.4) is 0 Å². The number of halogens is 1. The Morgan fingerprint density at radius 1 is 1.37 bits per heavy atom. The molecule has 0 bridgehead atoms. The highest BCUT2D eigenvalue weighted by Crippen LogP contribution is 2.35. The summed E-state index contributed by atoms with van der Waals surface area (Å²) in [5.74, 6) is 0.162. The SMILES string of the molecule is Cc1c(C(O)C2=COCCC2)oc2ccc(F)cc12. The van der Waals surface area contributed by atoms with Gasteiger partial charge >= 0.3 is 0 Å². The van der Waals surface area contributed by atoms with Crippen LogP contribution in [0.15, 0.2) is 34.5 Å². The minimum absolute atomic E-state index is 0.308. The third-order valence-corrected chi connectivity index (χ3v) is 3.50. The Balaban J connectivity index is 2.05. The molecular weight excluding hydrogens is 247 g/mol. The number of aryl methyl sites for hydroxylation is 1. The highest BCUT2D eigenvalue weighted by Gasteiger charge is 2.23. The van der Waals surface area contributed by atoms with E-state index in [0.29, 0.717) is 23.3 Å². The van der Waals surface area contributed by atoms with Crippen molar-refractivity contribution < 1.29 is 18.7 Å². The molecule has 100 valence electrons. The van der Waals surface area contributed by atoms with Crippen LogP contribution in [-0.4, -0.2) is 11.7 Å².